The van der Waals surface area contributed by atoms with Gasteiger partial charge in [-0.1, -0.05) is 60.7 Å². The Morgan fingerprint density at radius 2 is 1.54 bits per heavy atom. The summed E-state index contributed by atoms with van der Waals surface area (Å²) < 4.78 is 4.53. The van der Waals surface area contributed by atoms with Crippen LogP contribution in [0.25, 0.3) is 0 Å². The molecular weight excluding hydrogens is 358 g/mol. The Balaban J connectivity index is 2.02. The Bertz CT molecular complexity index is 781. The lowest BCUT2D eigenvalue weighted by atomic mass is 10.1. The van der Waals surface area contributed by atoms with E-state index >= 15 is 0 Å². The van der Waals surface area contributed by atoms with Crippen LogP contribution in [0.3, 0.4) is 0 Å². The molecule has 3 amide bonds. The molecule has 0 aromatic heterocycles. The fourth-order valence-electron chi connectivity index (χ4n) is 2.64. The van der Waals surface area contributed by atoms with E-state index in [0.717, 1.165) is 11.1 Å². The van der Waals surface area contributed by atoms with Crippen molar-refractivity contribution in [2.45, 2.75) is 25.4 Å². The Kier molecular flexibility index (Phi) is 8.02. The van der Waals surface area contributed by atoms with Crippen LogP contribution in [0, 0.1) is 0 Å². The number of nitrogens with one attached hydrogen (secondary N) is 3. The van der Waals surface area contributed by atoms with E-state index in [1.54, 1.807) is 0 Å². The average molecular weight is 383 g/mol. The summed E-state index contributed by atoms with van der Waals surface area (Å²) in [7, 11) is 1.24. The van der Waals surface area contributed by atoms with Gasteiger partial charge < -0.3 is 20.7 Å². The van der Waals surface area contributed by atoms with Crippen molar-refractivity contribution in [3.8, 4) is 0 Å². The number of urea groups is 1. The molecule has 2 aromatic carbocycles. The van der Waals surface area contributed by atoms with Gasteiger partial charge in [0, 0.05) is 6.42 Å². The second-order valence-corrected chi connectivity index (χ2v) is 6.29. The van der Waals surface area contributed by atoms with E-state index in [0.29, 0.717) is 6.42 Å². The highest BCUT2D eigenvalue weighted by atomic mass is 16.5. The second-order valence-electron chi connectivity index (χ2n) is 6.29. The highest BCUT2D eigenvalue weighted by Gasteiger charge is 2.22. The molecule has 7 heteroatoms. The quantitative estimate of drug-likeness (QED) is 0.607. The van der Waals surface area contributed by atoms with Crippen molar-refractivity contribution >= 4 is 17.9 Å². The Morgan fingerprint density at radius 1 is 0.929 bits per heavy atom. The van der Waals surface area contributed by atoms with Crippen molar-refractivity contribution in [3.63, 3.8) is 0 Å². The van der Waals surface area contributed by atoms with Gasteiger partial charge in [-0.3, -0.25) is 9.59 Å². The zero-order valence-corrected chi connectivity index (χ0v) is 16.0. The number of carbonyl (C=O) groups is 3. The number of methoxy groups -OCH3 is 1. The van der Waals surface area contributed by atoms with Crippen molar-refractivity contribution in [1.29, 1.82) is 0 Å². The molecule has 0 saturated heterocycles. The van der Waals surface area contributed by atoms with Gasteiger partial charge >= 0.3 is 12.0 Å². The Hall–Kier alpha value is -3.35. The molecule has 0 spiro atoms. The Labute approximate surface area is 164 Å². The third-order valence-corrected chi connectivity index (χ3v) is 4.19. The summed E-state index contributed by atoms with van der Waals surface area (Å²) in [6.45, 7) is 1.60. The van der Waals surface area contributed by atoms with Gasteiger partial charge in [0.1, 0.15) is 12.6 Å². The summed E-state index contributed by atoms with van der Waals surface area (Å²) in [6, 6.07) is 17.3. The van der Waals surface area contributed by atoms with Crippen LogP contribution in [0.15, 0.2) is 60.7 Å². The fraction of sp³-hybridized carbons (Fsp3) is 0.286. The molecule has 0 fully saturated rings. The van der Waals surface area contributed by atoms with E-state index in [1.807, 2.05) is 67.6 Å². The van der Waals surface area contributed by atoms with Gasteiger partial charge in [-0.2, -0.15) is 0 Å². The number of carbonyl (C=O) groups excluding carboxylic acids is 3. The molecule has 2 atom stereocenters. The van der Waals surface area contributed by atoms with Crippen molar-refractivity contribution in [2.75, 3.05) is 13.7 Å². The maximum absolute atomic E-state index is 12.5. The van der Waals surface area contributed by atoms with Gasteiger partial charge in [0.2, 0.25) is 5.91 Å². The molecule has 0 aliphatic heterocycles. The zero-order chi connectivity index (χ0) is 20.4. The van der Waals surface area contributed by atoms with Crippen molar-refractivity contribution in [1.82, 2.24) is 16.0 Å². The molecule has 148 valence electrons. The highest BCUT2D eigenvalue weighted by Crippen LogP contribution is 2.11. The van der Waals surface area contributed by atoms with Crippen LogP contribution in [0.1, 0.15) is 24.1 Å². The predicted molar refractivity (Wildman–Crippen MR) is 105 cm³/mol. The maximum atomic E-state index is 12.5. The molecule has 2 aromatic rings. The number of amides is 3. The molecule has 0 aliphatic carbocycles. The first kappa shape index (κ1) is 21.0. The highest BCUT2D eigenvalue weighted by molar-refractivity contribution is 5.89. The van der Waals surface area contributed by atoms with Crippen molar-refractivity contribution in [3.05, 3.63) is 71.8 Å². The number of esters is 1. The van der Waals surface area contributed by atoms with Crippen LogP contribution in [0.2, 0.25) is 0 Å². The van der Waals surface area contributed by atoms with E-state index in [4.69, 9.17) is 0 Å². The molecule has 2 rings (SSSR count). The first-order valence-electron chi connectivity index (χ1n) is 9.00. The first-order valence-corrected chi connectivity index (χ1v) is 9.00. The minimum Gasteiger partial charge on any atom is -0.468 e. The molecule has 3 N–H and O–H groups in total. The second kappa shape index (κ2) is 10.7. The van der Waals surface area contributed by atoms with E-state index in [-0.39, 0.29) is 12.6 Å². The fourth-order valence-corrected chi connectivity index (χ4v) is 2.64. The average Bonchev–Trinajstić information content (AvgIpc) is 2.72. The van der Waals surface area contributed by atoms with Gasteiger partial charge in [-0.05, 0) is 18.1 Å². The molecule has 0 unspecified atom stereocenters. The van der Waals surface area contributed by atoms with Crippen LogP contribution in [-0.4, -0.2) is 37.6 Å². The molecule has 28 heavy (non-hydrogen) atoms. The molecule has 0 bridgehead atoms. The lowest BCUT2D eigenvalue weighted by Crippen LogP contribution is -2.52. The minimum atomic E-state index is -0.838. The van der Waals surface area contributed by atoms with Crippen molar-refractivity contribution < 1.29 is 19.1 Å². The number of hydrogen-bond donors (Lipinski definition) is 3. The topological polar surface area (TPSA) is 96.5 Å². The van der Waals surface area contributed by atoms with Crippen LogP contribution in [0.5, 0.6) is 0 Å². The van der Waals surface area contributed by atoms with Gasteiger partial charge in [0.25, 0.3) is 0 Å². The molecule has 0 radical (unpaired) electrons. The van der Waals surface area contributed by atoms with Gasteiger partial charge in [0.15, 0.2) is 0 Å². The third-order valence-electron chi connectivity index (χ3n) is 4.19. The van der Waals surface area contributed by atoms with Crippen molar-refractivity contribution in [2.24, 2.45) is 0 Å². The third kappa shape index (κ3) is 6.75. The van der Waals surface area contributed by atoms with Crippen LogP contribution < -0.4 is 16.0 Å². The molecule has 0 saturated carbocycles. The van der Waals surface area contributed by atoms with E-state index in [9.17, 15) is 14.4 Å². The summed E-state index contributed by atoms with van der Waals surface area (Å²) in [4.78, 5) is 36.2. The smallest absolute Gasteiger partial charge is 0.325 e. The standard InChI is InChI=1S/C21H25N3O4/c1-15(17-11-7-4-8-12-17)23-21(27)24-18(13-16-9-5-3-6-10-16)20(26)22-14-19(25)28-2/h3-12,15,18H,13-14H2,1-2H3,(H,22,26)(H2,23,24,27)/t15-,18+/m1/s1. The lowest BCUT2D eigenvalue weighted by molar-refractivity contribution is -0.141. The predicted octanol–water partition coefficient (Wildman–Crippen LogP) is 1.95. The summed E-state index contributed by atoms with van der Waals surface area (Å²) >= 11 is 0. The van der Waals surface area contributed by atoms with Gasteiger partial charge in [-0.25, -0.2) is 4.79 Å². The van der Waals surface area contributed by atoms with E-state index in [2.05, 4.69) is 20.7 Å². The molecular formula is C21H25N3O4. The van der Waals surface area contributed by atoms with E-state index in [1.165, 1.54) is 7.11 Å². The van der Waals surface area contributed by atoms with E-state index < -0.39 is 23.9 Å². The summed E-state index contributed by atoms with van der Waals surface area (Å²) in [5.41, 5.74) is 1.84. The van der Waals surface area contributed by atoms with Crippen LogP contribution >= 0.6 is 0 Å². The maximum Gasteiger partial charge on any atom is 0.325 e. The zero-order valence-electron chi connectivity index (χ0n) is 16.0. The lowest BCUT2D eigenvalue weighted by Gasteiger charge is -2.21. The largest absolute Gasteiger partial charge is 0.468 e. The number of benzene rings is 2. The summed E-state index contributed by atoms with van der Waals surface area (Å²) in [5, 5.41) is 8.00. The first-order chi connectivity index (χ1) is 13.5. The SMILES string of the molecule is COC(=O)CNC(=O)[C@H](Cc1ccccc1)NC(=O)N[C@H](C)c1ccccc1. The summed E-state index contributed by atoms with van der Waals surface area (Å²) in [5.74, 6) is -1.02. The van der Waals surface area contributed by atoms with Gasteiger partial charge in [0.05, 0.1) is 13.2 Å². The number of hydrogen-bond acceptors (Lipinski definition) is 4. The number of ether oxygens (including phenoxy) is 1. The normalized spacial score (nSPS) is 12.4. The molecule has 7 nitrogen and oxygen atoms in total. The number of rotatable bonds is 8. The van der Waals surface area contributed by atoms with Gasteiger partial charge in [-0.15, -0.1) is 0 Å². The van der Waals surface area contributed by atoms with Crippen LogP contribution in [0.4, 0.5) is 4.79 Å². The summed E-state index contributed by atoms with van der Waals surface area (Å²) in [6.07, 6.45) is 0.293. The Morgan fingerprint density at radius 3 is 2.14 bits per heavy atom. The van der Waals surface area contributed by atoms with Crippen LogP contribution in [-0.2, 0) is 20.7 Å². The molecule has 0 heterocycles. The minimum absolute atomic E-state index is 0.225. The molecule has 0 aliphatic rings. The monoisotopic (exact) mass is 383 g/mol.